The minimum absolute atomic E-state index is 0.277. The second kappa shape index (κ2) is 8.09. The Kier molecular flexibility index (Phi) is 7.08. The van der Waals surface area contributed by atoms with Gasteiger partial charge in [0.05, 0.1) is 7.11 Å². The van der Waals surface area contributed by atoms with E-state index in [1.807, 2.05) is 11.8 Å². The zero-order valence-corrected chi connectivity index (χ0v) is 15.5. The average molecular weight is 310 g/mol. The van der Waals surface area contributed by atoms with Gasteiger partial charge in [0.25, 0.3) is 0 Å². The smallest absolute Gasteiger partial charge is 0.126 e. The lowest BCUT2D eigenvalue weighted by Crippen LogP contribution is -2.26. The Balaban J connectivity index is 3.04. The number of aryl methyl sites for hydroxylation is 1. The molecule has 120 valence electrons. The number of methoxy groups -OCH3 is 1. The predicted molar refractivity (Wildman–Crippen MR) is 95.7 cm³/mol. The summed E-state index contributed by atoms with van der Waals surface area (Å²) < 4.78 is 5.98. The minimum atomic E-state index is 0.277. The Morgan fingerprint density at radius 3 is 2.43 bits per heavy atom. The van der Waals surface area contributed by atoms with Crippen LogP contribution in [0.25, 0.3) is 0 Å². The Morgan fingerprint density at radius 1 is 1.24 bits per heavy atom. The molecule has 0 amide bonds. The van der Waals surface area contributed by atoms with Crippen LogP contribution in [0.3, 0.4) is 0 Å². The maximum atomic E-state index is 5.70. The lowest BCUT2D eigenvalue weighted by atomic mass is 10.00. The summed E-state index contributed by atoms with van der Waals surface area (Å²) in [6, 6.07) is 4.76. The van der Waals surface area contributed by atoms with Crippen molar-refractivity contribution >= 4 is 11.8 Å². The monoisotopic (exact) mass is 309 g/mol. The van der Waals surface area contributed by atoms with Crippen molar-refractivity contribution in [2.24, 2.45) is 0 Å². The maximum absolute atomic E-state index is 5.70. The topological polar surface area (TPSA) is 21.3 Å². The number of rotatable bonds is 7. The van der Waals surface area contributed by atoms with Gasteiger partial charge in [-0.25, -0.2) is 0 Å². The summed E-state index contributed by atoms with van der Waals surface area (Å²) in [6.45, 7) is 14.3. The molecule has 0 spiro atoms. The van der Waals surface area contributed by atoms with Crippen molar-refractivity contribution in [3.63, 3.8) is 0 Å². The van der Waals surface area contributed by atoms with Crippen molar-refractivity contribution in [2.75, 3.05) is 19.4 Å². The third-order valence-corrected chi connectivity index (χ3v) is 4.98. The van der Waals surface area contributed by atoms with E-state index in [0.717, 1.165) is 24.5 Å². The summed E-state index contributed by atoms with van der Waals surface area (Å²) >= 11 is 2.00. The van der Waals surface area contributed by atoms with E-state index in [4.69, 9.17) is 4.74 Å². The number of hydrogen-bond donors (Lipinski definition) is 1. The predicted octanol–water partition coefficient (Wildman–Crippen LogP) is 4.88. The third-order valence-electron chi connectivity index (χ3n) is 3.61. The van der Waals surface area contributed by atoms with Gasteiger partial charge in [0.1, 0.15) is 5.75 Å². The van der Waals surface area contributed by atoms with Gasteiger partial charge < -0.3 is 10.1 Å². The number of ether oxygens (including phenoxy) is 1. The van der Waals surface area contributed by atoms with Crippen molar-refractivity contribution in [3.05, 3.63) is 28.8 Å². The molecule has 1 rings (SSSR count). The van der Waals surface area contributed by atoms with E-state index >= 15 is 0 Å². The molecule has 0 fully saturated rings. The van der Waals surface area contributed by atoms with Crippen LogP contribution in [0.4, 0.5) is 0 Å². The molecule has 1 atom stereocenters. The summed E-state index contributed by atoms with van der Waals surface area (Å²) in [5.74, 6) is 2.10. The molecule has 1 aromatic carbocycles. The second-order valence-electron chi connectivity index (χ2n) is 6.56. The van der Waals surface area contributed by atoms with Crippen LogP contribution >= 0.6 is 11.8 Å². The summed E-state index contributed by atoms with van der Waals surface area (Å²) in [6.07, 6.45) is 1.14. The quantitative estimate of drug-likeness (QED) is 0.775. The Hall–Kier alpha value is -0.670. The van der Waals surface area contributed by atoms with Crippen molar-refractivity contribution in [2.45, 2.75) is 58.8 Å². The van der Waals surface area contributed by atoms with Gasteiger partial charge in [-0.1, -0.05) is 39.8 Å². The van der Waals surface area contributed by atoms with E-state index in [9.17, 15) is 0 Å². The molecule has 3 heteroatoms. The van der Waals surface area contributed by atoms with Crippen LogP contribution in [-0.2, 0) is 0 Å². The van der Waals surface area contributed by atoms with Crippen molar-refractivity contribution in [3.8, 4) is 5.75 Å². The Labute approximate surface area is 135 Å². The van der Waals surface area contributed by atoms with E-state index in [1.54, 1.807) is 7.11 Å². The molecular weight excluding hydrogens is 278 g/mol. The van der Waals surface area contributed by atoms with E-state index in [0.29, 0.717) is 6.04 Å². The molecule has 0 bridgehead atoms. The third kappa shape index (κ3) is 5.55. The standard InChI is InChI=1S/C18H31NOS/c1-8-11-19-16(12-21-18(4,5)6)15-10-9-13(2)14(3)17(15)20-7/h9-10,16,19H,8,11-12H2,1-7H3. The van der Waals surface area contributed by atoms with Crippen LogP contribution < -0.4 is 10.1 Å². The van der Waals surface area contributed by atoms with E-state index in [-0.39, 0.29) is 4.75 Å². The highest BCUT2D eigenvalue weighted by molar-refractivity contribution is 8.00. The summed E-state index contributed by atoms with van der Waals surface area (Å²) in [5.41, 5.74) is 3.82. The SMILES string of the molecule is CCCNC(CSC(C)(C)C)c1ccc(C)c(C)c1OC. The fourth-order valence-electron chi connectivity index (χ4n) is 2.27. The largest absolute Gasteiger partial charge is 0.496 e. The van der Waals surface area contributed by atoms with Crippen LogP contribution in [-0.4, -0.2) is 24.2 Å². The van der Waals surface area contributed by atoms with Gasteiger partial charge in [0.2, 0.25) is 0 Å². The van der Waals surface area contributed by atoms with Crippen LogP contribution in [0.1, 0.15) is 56.8 Å². The number of nitrogens with one attached hydrogen (secondary N) is 1. The molecule has 21 heavy (non-hydrogen) atoms. The lowest BCUT2D eigenvalue weighted by Gasteiger charge is -2.26. The molecule has 1 N–H and O–H groups in total. The van der Waals surface area contributed by atoms with Gasteiger partial charge in [-0.3, -0.25) is 0 Å². The second-order valence-corrected chi connectivity index (χ2v) is 8.41. The first kappa shape index (κ1) is 18.4. The highest BCUT2D eigenvalue weighted by Crippen LogP contribution is 2.35. The fourth-order valence-corrected chi connectivity index (χ4v) is 3.23. The molecule has 0 aliphatic heterocycles. The first-order chi connectivity index (χ1) is 9.80. The maximum Gasteiger partial charge on any atom is 0.126 e. The molecule has 0 aromatic heterocycles. The van der Waals surface area contributed by atoms with Crippen LogP contribution in [0, 0.1) is 13.8 Å². The van der Waals surface area contributed by atoms with Gasteiger partial charge in [-0.05, 0) is 37.9 Å². The summed E-state index contributed by atoms with van der Waals surface area (Å²) in [5, 5.41) is 3.68. The van der Waals surface area contributed by atoms with Gasteiger partial charge in [0.15, 0.2) is 0 Å². The first-order valence-electron chi connectivity index (χ1n) is 7.81. The summed E-state index contributed by atoms with van der Waals surface area (Å²) in [4.78, 5) is 0. The zero-order valence-electron chi connectivity index (χ0n) is 14.7. The lowest BCUT2D eigenvalue weighted by molar-refractivity contribution is 0.398. The van der Waals surface area contributed by atoms with Gasteiger partial charge in [-0.15, -0.1) is 0 Å². The van der Waals surface area contributed by atoms with Crippen molar-refractivity contribution in [1.29, 1.82) is 0 Å². The summed E-state index contributed by atoms with van der Waals surface area (Å²) in [7, 11) is 1.78. The van der Waals surface area contributed by atoms with E-state index < -0.39 is 0 Å². The highest BCUT2D eigenvalue weighted by atomic mass is 32.2. The van der Waals surface area contributed by atoms with Crippen LogP contribution in [0.2, 0.25) is 0 Å². The molecule has 0 radical (unpaired) electrons. The number of thioether (sulfide) groups is 1. The molecular formula is C18H31NOS. The fraction of sp³-hybridized carbons (Fsp3) is 0.667. The van der Waals surface area contributed by atoms with Crippen molar-refractivity contribution < 1.29 is 4.74 Å². The van der Waals surface area contributed by atoms with Crippen LogP contribution in [0.5, 0.6) is 5.75 Å². The van der Waals surface area contributed by atoms with E-state index in [2.05, 4.69) is 59.0 Å². The van der Waals surface area contributed by atoms with Crippen LogP contribution in [0.15, 0.2) is 12.1 Å². The minimum Gasteiger partial charge on any atom is -0.496 e. The molecule has 1 unspecified atom stereocenters. The molecule has 1 aromatic rings. The highest BCUT2D eigenvalue weighted by Gasteiger charge is 2.21. The van der Waals surface area contributed by atoms with Gasteiger partial charge >= 0.3 is 0 Å². The number of benzene rings is 1. The Bertz CT molecular complexity index is 451. The molecule has 0 saturated heterocycles. The normalized spacial score (nSPS) is 13.3. The van der Waals surface area contributed by atoms with Gasteiger partial charge in [0, 0.05) is 22.1 Å². The first-order valence-corrected chi connectivity index (χ1v) is 8.80. The van der Waals surface area contributed by atoms with Crippen molar-refractivity contribution in [1.82, 2.24) is 5.32 Å². The molecule has 0 heterocycles. The average Bonchev–Trinajstić information content (AvgIpc) is 2.41. The Morgan fingerprint density at radius 2 is 1.90 bits per heavy atom. The number of hydrogen-bond acceptors (Lipinski definition) is 3. The van der Waals surface area contributed by atoms with E-state index in [1.165, 1.54) is 16.7 Å². The molecule has 0 aliphatic rings. The zero-order chi connectivity index (χ0) is 16.0. The van der Waals surface area contributed by atoms with Gasteiger partial charge in [-0.2, -0.15) is 11.8 Å². The molecule has 0 saturated carbocycles. The molecule has 2 nitrogen and oxygen atoms in total. The molecule has 0 aliphatic carbocycles.